The van der Waals surface area contributed by atoms with Crippen LogP contribution in [0.15, 0.2) is 60.7 Å². The van der Waals surface area contributed by atoms with Crippen LogP contribution in [0.5, 0.6) is 0 Å². The van der Waals surface area contributed by atoms with Gasteiger partial charge in [-0.25, -0.2) is 20.4 Å². The van der Waals surface area contributed by atoms with E-state index in [1.807, 2.05) is 0 Å². The summed E-state index contributed by atoms with van der Waals surface area (Å²) < 4.78 is 0. The average Bonchev–Trinajstić information content (AvgIpc) is 2.60. The predicted molar refractivity (Wildman–Crippen MR) is 91.1 cm³/mol. The second-order valence-corrected chi connectivity index (χ2v) is 4.73. The molecule has 0 unspecified atom stereocenters. The van der Waals surface area contributed by atoms with E-state index in [2.05, 4.69) is 74.5 Å². The summed E-state index contributed by atoms with van der Waals surface area (Å²) in [7, 11) is 0. The van der Waals surface area contributed by atoms with Crippen LogP contribution in [-0.2, 0) is 15.0 Å². The minimum Gasteiger partial charge on any atom is -0.222 e. The van der Waals surface area contributed by atoms with Gasteiger partial charge in [0, 0.05) is 5.41 Å². The number of hydrogen-bond acceptors (Lipinski definition) is 4. The normalized spacial score (nSPS) is 9.13. The van der Waals surface area contributed by atoms with Gasteiger partial charge in [0.15, 0.2) is 0 Å². The Bertz CT molecular complexity index is 555. The van der Waals surface area contributed by atoms with Crippen molar-refractivity contribution in [1.29, 1.82) is 10.8 Å². The Labute approximate surface area is 137 Å². The highest BCUT2D eigenvalue weighted by Gasteiger charge is 2.29. The van der Waals surface area contributed by atoms with Crippen molar-refractivity contribution in [2.45, 2.75) is 32.1 Å². The molecule has 2 aromatic carbocycles. The topological polar surface area (TPSA) is 81.8 Å². The Morgan fingerprint density at radius 3 is 1.22 bits per heavy atom. The van der Waals surface area contributed by atoms with Crippen LogP contribution in [0.3, 0.4) is 0 Å². The summed E-state index contributed by atoms with van der Waals surface area (Å²) in [5, 5.41) is 10.8. The monoisotopic (exact) mass is 310 g/mol. The van der Waals surface area contributed by atoms with E-state index in [-0.39, 0.29) is 5.41 Å². The quantitative estimate of drug-likeness (QED) is 0.639. The molecule has 2 aromatic rings. The maximum atomic E-state index is 8.35. The number of rotatable bonds is 4. The van der Waals surface area contributed by atoms with Crippen LogP contribution in [0.2, 0.25) is 0 Å². The molecular formula is C19H22N2O2. The molecule has 0 atom stereocenters. The zero-order chi connectivity index (χ0) is 17.6. The standard InChI is InChI=1S/C17H20.2CHNO/c1-3-17(4-2,15-11-7-5-8-12-15)16-13-9-6-10-14-16;2*2-1-3/h5-14H,3-4H2,1-2H3;2*2H. The van der Waals surface area contributed by atoms with Gasteiger partial charge in [-0.05, 0) is 24.0 Å². The van der Waals surface area contributed by atoms with E-state index in [1.54, 1.807) is 0 Å². The lowest BCUT2D eigenvalue weighted by molar-refractivity contribution is 0.478. The van der Waals surface area contributed by atoms with Gasteiger partial charge in [-0.1, -0.05) is 74.5 Å². The van der Waals surface area contributed by atoms with E-state index >= 15 is 0 Å². The summed E-state index contributed by atoms with van der Waals surface area (Å²) in [4.78, 5) is 16.7. The third-order valence-electron chi connectivity index (χ3n) is 3.86. The van der Waals surface area contributed by atoms with E-state index in [4.69, 9.17) is 20.4 Å². The van der Waals surface area contributed by atoms with Crippen molar-refractivity contribution < 1.29 is 9.59 Å². The second kappa shape index (κ2) is 11.8. The molecule has 2 rings (SSSR count). The Morgan fingerprint density at radius 1 is 0.739 bits per heavy atom. The highest BCUT2D eigenvalue weighted by molar-refractivity contribution is 5.38. The van der Waals surface area contributed by atoms with Crippen LogP contribution in [-0.4, -0.2) is 12.2 Å². The lowest BCUT2D eigenvalue weighted by atomic mass is 9.71. The lowest BCUT2D eigenvalue weighted by Crippen LogP contribution is -2.25. The molecule has 120 valence electrons. The predicted octanol–water partition coefficient (Wildman–Crippen LogP) is 4.59. The lowest BCUT2D eigenvalue weighted by Gasteiger charge is -2.33. The molecule has 0 aromatic heterocycles. The highest BCUT2D eigenvalue weighted by Crippen LogP contribution is 2.38. The van der Waals surface area contributed by atoms with Crippen LogP contribution in [0, 0.1) is 10.8 Å². The molecule has 0 amide bonds. The number of nitrogens with one attached hydrogen (secondary N) is 2. The summed E-state index contributed by atoms with van der Waals surface area (Å²) in [6.45, 7) is 4.56. The maximum Gasteiger partial charge on any atom is 0.231 e. The van der Waals surface area contributed by atoms with Gasteiger partial charge in [0.2, 0.25) is 12.2 Å². The third-order valence-corrected chi connectivity index (χ3v) is 3.86. The van der Waals surface area contributed by atoms with E-state index in [0.29, 0.717) is 0 Å². The molecule has 0 heterocycles. The van der Waals surface area contributed by atoms with Crippen LogP contribution in [0.1, 0.15) is 37.8 Å². The molecule has 0 aliphatic rings. The van der Waals surface area contributed by atoms with Crippen LogP contribution in [0.25, 0.3) is 0 Å². The van der Waals surface area contributed by atoms with E-state index in [9.17, 15) is 0 Å². The van der Waals surface area contributed by atoms with Crippen molar-refractivity contribution in [1.82, 2.24) is 0 Å². The fourth-order valence-corrected chi connectivity index (χ4v) is 2.75. The van der Waals surface area contributed by atoms with Crippen molar-refractivity contribution in [2.75, 3.05) is 0 Å². The van der Waals surface area contributed by atoms with Gasteiger partial charge in [0.1, 0.15) is 0 Å². The SMILES string of the molecule is CCC(CC)(c1ccccc1)c1ccccc1.N=C=O.N=C=O. The molecule has 0 saturated carbocycles. The minimum absolute atomic E-state index is 0.169. The number of carbonyl (C=O) groups excluding carboxylic acids is 2. The summed E-state index contributed by atoms with van der Waals surface area (Å²) in [5.41, 5.74) is 3.02. The smallest absolute Gasteiger partial charge is 0.222 e. The number of isocyanates is 2. The first-order valence-electron chi connectivity index (χ1n) is 7.35. The molecular weight excluding hydrogens is 288 g/mol. The average molecular weight is 310 g/mol. The summed E-state index contributed by atoms with van der Waals surface area (Å²) in [5.74, 6) is 0. The molecule has 0 saturated heterocycles. The third kappa shape index (κ3) is 5.84. The first-order chi connectivity index (χ1) is 11.2. The second-order valence-electron chi connectivity index (χ2n) is 4.73. The van der Waals surface area contributed by atoms with Gasteiger partial charge in [-0.15, -0.1) is 0 Å². The minimum atomic E-state index is 0.169. The van der Waals surface area contributed by atoms with Crippen molar-refractivity contribution in [2.24, 2.45) is 0 Å². The van der Waals surface area contributed by atoms with Crippen LogP contribution < -0.4 is 0 Å². The summed E-state index contributed by atoms with van der Waals surface area (Å²) in [6, 6.07) is 21.7. The van der Waals surface area contributed by atoms with Gasteiger partial charge in [-0.2, -0.15) is 0 Å². The zero-order valence-corrected chi connectivity index (χ0v) is 13.5. The van der Waals surface area contributed by atoms with Gasteiger partial charge >= 0.3 is 0 Å². The van der Waals surface area contributed by atoms with Gasteiger partial charge in [0.25, 0.3) is 0 Å². The van der Waals surface area contributed by atoms with Crippen LogP contribution in [0.4, 0.5) is 0 Å². The number of hydrogen-bond donors (Lipinski definition) is 2. The first kappa shape index (κ1) is 20.2. The Morgan fingerprint density at radius 2 is 1.00 bits per heavy atom. The fraction of sp³-hybridized carbons (Fsp3) is 0.263. The molecule has 23 heavy (non-hydrogen) atoms. The molecule has 0 fully saturated rings. The van der Waals surface area contributed by atoms with Gasteiger partial charge in [0.05, 0.1) is 0 Å². The van der Waals surface area contributed by atoms with Crippen molar-refractivity contribution >= 4 is 12.2 Å². The van der Waals surface area contributed by atoms with E-state index in [0.717, 1.165) is 25.0 Å². The molecule has 0 spiro atoms. The molecule has 0 bridgehead atoms. The Hall–Kier alpha value is -2.80. The van der Waals surface area contributed by atoms with E-state index < -0.39 is 0 Å². The Balaban J connectivity index is 0.000000704. The first-order valence-corrected chi connectivity index (χ1v) is 7.35. The van der Waals surface area contributed by atoms with E-state index in [1.165, 1.54) is 11.1 Å². The molecule has 2 N–H and O–H groups in total. The maximum absolute atomic E-state index is 8.35. The molecule has 0 aliphatic heterocycles. The highest BCUT2D eigenvalue weighted by atomic mass is 16.1. The van der Waals surface area contributed by atoms with Gasteiger partial charge in [-0.3, -0.25) is 0 Å². The molecule has 0 aliphatic carbocycles. The largest absolute Gasteiger partial charge is 0.231 e. The molecule has 4 heteroatoms. The van der Waals surface area contributed by atoms with Crippen molar-refractivity contribution in [3.8, 4) is 0 Å². The van der Waals surface area contributed by atoms with Gasteiger partial charge < -0.3 is 0 Å². The summed E-state index contributed by atoms with van der Waals surface area (Å²) >= 11 is 0. The van der Waals surface area contributed by atoms with Crippen molar-refractivity contribution in [3.63, 3.8) is 0 Å². The molecule has 4 nitrogen and oxygen atoms in total. The van der Waals surface area contributed by atoms with Crippen LogP contribution >= 0.6 is 0 Å². The fourth-order valence-electron chi connectivity index (χ4n) is 2.75. The van der Waals surface area contributed by atoms with Crippen molar-refractivity contribution in [3.05, 3.63) is 71.8 Å². The summed E-state index contributed by atoms with van der Waals surface area (Å²) in [6.07, 6.45) is 3.77. The number of benzene rings is 2. The zero-order valence-electron chi connectivity index (χ0n) is 13.5. The molecule has 0 radical (unpaired) electrons. The Kier molecular flexibility index (Phi) is 10.4.